The number of hydrazone groups is 1. The SMILES string of the molecule is CC(C)Nc1cc(N2CCNCC2)c(F)cc1C1=NN(c2ccccc2)C(=O)C1. The average molecular weight is 395 g/mol. The molecule has 152 valence electrons. The molecule has 0 radical (unpaired) electrons. The minimum Gasteiger partial charge on any atom is -0.382 e. The second-order valence-electron chi connectivity index (χ2n) is 7.65. The number of carbonyl (C=O) groups is 1. The predicted octanol–water partition coefficient (Wildman–Crippen LogP) is 3.20. The number of anilines is 3. The van der Waals surface area contributed by atoms with E-state index in [2.05, 4.69) is 20.6 Å². The number of rotatable bonds is 5. The van der Waals surface area contributed by atoms with Crippen LogP contribution in [0.3, 0.4) is 0 Å². The van der Waals surface area contributed by atoms with Crippen LogP contribution in [-0.4, -0.2) is 43.8 Å². The van der Waals surface area contributed by atoms with Crippen LogP contribution in [0.1, 0.15) is 25.8 Å². The number of carbonyl (C=O) groups excluding carboxylic acids is 1. The molecule has 2 heterocycles. The summed E-state index contributed by atoms with van der Waals surface area (Å²) in [7, 11) is 0. The van der Waals surface area contributed by atoms with E-state index < -0.39 is 0 Å². The van der Waals surface area contributed by atoms with E-state index >= 15 is 4.39 Å². The molecule has 0 aromatic heterocycles. The van der Waals surface area contributed by atoms with Gasteiger partial charge in [0.1, 0.15) is 5.82 Å². The van der Waals surface area contributed by atoms with Gasteiger partial charge in [-0.05, 0) is 38.1 Å². The van der Waals surface area contributed by atoms with Gasteiger partial charge in [0.05, 0.1) is 23.5 Å². The van der Waals surface area contributed by atoms with Gasteiger partial charge in [-0.15, -0.1) is 0 Å². The molecule has 0 spiro atoms. The van der Waals surface area contributed by atoms with Crippen LogP contribution in [0.15, 0.2) is 47.6 Å². The van der Waals surface area contributed by atoms with Gasteiger partial charge in [-0.3, -0.25) is 4.79 Å². The molecule has 1 fully saturated rings. The average Bonchev–Trinajstić information content (AvgIpc) is 3.11. The molecule has 4 rings (SSSR count). The summed E-state index contributed by atoms with van der Waals surface area (Å²) in [6.07, 6.45) is 0.147. The molecule has 0 atom stereocenters. The quantitative estimate of drug-likeness (QED) is 0.816. The van der Waals surface area contributed by atoms with Crippen molar-refractivity contribution < 1.29 is 9.18 Å². The largest absolute Gasteiger partial charge is 0.382 e. The fraction of sp³-hybridized carbons (Fsp3) is 0.364. The van der Waals surface area contributed by atoms with Gasteiger partial charge >= 0.3 is 0 Å². The first-order valence-electron chi connectivity index (χ1n) is 10.0. The first-order chi connectivity index (χ1) is 14.0. The number of nitrogens with one attached hydrogen (secondary N) is 2. The lowest BCUT2D eigenvalue weighted by Gasteiger charge is -2.30. The smallest absolute Gasteiger partial charge is 0.253 e. The minimum absolute atomic E-state index is 0.117. The summed E-state index contributed by atoms with van der Waals surface area (Å²) >= 11 is 0. The van der Waals surface area contributed by atoms with E-state index in [1.807, 2.05) is 50.2 Å². The number of piperazine rings is 1. The third kappa shape index (κ3) is 4.10. The van der Waals surface area contributed by atoms with Crippen LogP contribution in [-0.2, 0) is 4.79 Å². The number of halogens is 1. The summed E-state index contributed by atoms with van der Waals surface area (Å²) in [4.78, 5) is 14.6. The van der Waals surface area contributed by atoms with Crippen molar-refractivity contribution in [1.29, 1.82) is 0 Å². The fourth-order valence-corrected chi connectivity index (χ4v) is 3.73. The van der Waals surface area contributed by atoms with Crippen LogP contribution in [0.4, 0.5) is 21.5 Å². The van der Waals surface area contributed by atoms with Gasteiger partial charge in [-0.2, -0.15) is 5.10 Å². The molecular weight excluding hydrogens is 369 g/mol. The molecule has 29 heavy (non-hydrogen) atoms. The number of nitrogens with zero attached hydrogens (tertiary/aromatic N) is 3. The van der Waals surface area contributed by atoms with Crippen LogP contribution in [0.25, 0.3) is 0 Å². The van der Waals surface area contributed by atoms with Crippen molar-refractivity contribution in [2.24, 2.45) is 5.10 Å². The van der Waals surface area contributed by atoms with Gasteiger partial charge in [0.15, 0.2) is 0 Å². The molecule has 1 amide bonds. The van der Waals surface area contributed by atoms with Crippen molar-refractivity contribution in [1.82, 2.24) is 5.32 Å². The van der Waals surface area contributed by atoms with Crippen LogP contribution in [0.2, 0.25) is 0 Å². The van der Waals surface area contributed by atoms with E-state index in [1.165, 1.54) is 11.1 Å². The molecule has 0 bridgehead atoms. The highest BCUT2D eigenvalue weighted by molar-refractivity contribution is 6.21. The Hall–Kier alpha value is -2.93. The lowest BCUT2D eigenvalue weighted by Crippen LogP contribution is -2.44. The second kappa shape index (κ2) is 8.21. The Morgan fingerprint density at radius 2 is 1.86 bits per heavy atom. The van der Waals surface area contributed by atoms with Crippen LogP contribution >= 0.6 is 0 Å². The number of benzene rings is 2. The molecule has 7 heteroatoms. The molecule has 1 saturated heterocycles. The number of hydrogen-bond donors (Lipinski definition) is 2. The van der Waals surface area contributed by atoms with Crippen molar-refractivity contribution in [2.45, 2.75) is 26.3 Å². The summed E-state index contributed by atoms with van der Waals surface area (Å²) in [5.74, 6) is -0.405. The normalized spacial score (nSPS) is 17.1. The van der Waals surface area contributed by atoms with Crippen LogP contribution in [0, 0.1) is 5.82 Å². The molecule has 2 aliphatic heterocycles. The molecule has 0 aliphatic carbocycles. The summed E-state index contributed by atoms with van der Waals surface area (Å²) in [5, 5.41) is 12.6. The lowest BCUT2D eigenvalue weighted by atomic mass is 10.0. The topological polar surface area (TPSA) is 60.0 Å². The van der Waals surface area contributed by atoms with E-state index in [1.54, 1.807) is 0 Å². The molecule has 2 N–H and O–H groups in total. The maximum absolute atomic E-state index is 15.1. The Bertz CT molecular complexity index is 922. The minimum atomic E-state index is -0.287. The zero-order chi connectivity index (χ0) is 20.4. The summed E-state index contributed by atoms with van der Waals surface area (Å²) in [6.45, 7) is 7.27. The maximum atomic E-state index is 15.1. The van der Waals surface area contributed by atoms with Gasteiger partial charge in [-0.1, -0.05) is 18.2 Å². The van der Waals surface area contributed by atoms with E-state index in [-0.39, 0.29) is 24.2 Å². The van der Waals surface area contributed by atoms with Crippen molar-refractivity contribution in [3.63, 3.8) is 0 Å². The van der Waals surface area contributed by atoms with Crippen molar-refractivity contribution in [3.8, 4) is 0 Å². The highest BCUT2D eigenvalue weighted by atomic mass is 19.1. The Balaban J connectivity index is 1.72. The van der Waals surface area contributed by atoms with Gasteiger partial charge in [0.2, 0.25) is 0 Å². The standard InChI is InChI=1S/C22H26FN5O/c1-15(2)25-19-13-21(27-10-8-24-9-11-27)18(23)12-17(19)20-14-22(29)28(26-20)16-6-4-3-5-7-16/h3-7,12-13,15,24-25H,8-11,14H2,1-2H3. The molecular formula is C22H26FN5O. The van der Waals surface area contributed by atoms with Crippen molar-refractivity contribution in [3.05, 3.63) is 53.8 Å². The molecule has 6 nitrogen and oxygen atoms in total. The van der Waals surface area contributed by atoms with Gasteiger partial charge in [-0.25, -0.2) is 9.40 Å². The van der Waals surface area contributed by atoms with Gasteiger partial charge in [0, 0.05) is 43.5 Å². The van der Waals surface area contributed by atoms with Crippen LogP contribution in [0.5, 0.6) is 0 Å². The number of para-hydroxylation sites is 1. The first-order valence-corrected chi connectivity index (χ1v) is 10.0. The van der Waals surface area contributed by atoms with Gasteiger partial charge < -0.3 is 15.5 Å². The zero-order valence-electron chi connectivity index (χ0n) is 16.8. The predicted molar refractivity (Wildman–Crippen MR) is 115 cm³/mol. The Morgan fingerprint density at radius 1 is 1.14 bits per heavy atom. The van der Waals surface area contributed by atoms with Crippen LogP contribution < -0.4 is 20.5 Å². The number of hydrogen-bond acceptors (Lipinski definition) is 5. The van der Waals surface area contributed by atoms with E-state index in [0.29, 0.717) is 22.6 Å². The third-order valence-electron chi connectivity index (χ3n) is 5.08. The summed E-state index contributed by atoms with van der Waals surface area (Å²) in [6, 6.07) is 12.8. The monoisotopic (exact) mass is 395 g/mol. The zero-order valence-corrected chi connectivity index (χ0v) is 16.8. The molecule has 2 aliphatic rings. The first kappa shape index (κ1) is 19.4. The van der Waals surface area contributed by atoms with Crippen molar-refractivity contribution >= 4 is 28.7 Å². The lowest BCUT2D eigenvalue weighted by molar-refractivity contribution is -0.116. The van der Waals surface area contributed by atoms with Gasteiger partial charge in [0.25, 0.3) is 5.91 Å². The second-order valence-corrected chi connectivity index (χ2v) is 7.65. The van der Waals surface area contributed by atoms with E-state index in [9.17, 15) is 4.79 Å². The highest BCUT2D eigenvalue weighted by Gasteiger charge is 2.29. The summed E-state index contributed by atoms with van der Waals surface area (Å²) < 4.78 is 15.1. The molecule has 2 aromatic rings. The Labute approximate surface area is 170 Å². The summed E-state index contributed by atoms with van der Waals surface area (Å²) in [5.41, 5.74) is 3.32. The third-order valence-corrected chi connectivity index (χ3v) is 5.08. The fourth-order valence-electron chi connectivity index (χ4n) is 3.73. The Kier molecular flexibility index (Phi) is 5.49. The molecule has 0 saturated carbocycles. The highest BCUT2D eigenvalue weighted by Crippen LogP contribution is 2.32. The Morgan fingerprint density at radius 3 is 2.55 bits per heavy atom. The molecule has 0 unspecified atom stereocenters. The maximum Gasteiger partial charge on any atom is 0.253 e. The molecule has 2 aromatic carbocycles. The van der Waals surface area contributed by atoms with E-state index in [4.69, 9.17) is 0 Å². The van der Waals surface area contributed by atoms with E-state index in [0.717, 1.165) is 31.9 Å². The number of amides is 1. The van der Waals surface area contributed by atoms with Crippen molar-refractivity contribution in [2.75, 3.05) is 41.4 Å².